The van der Waals surface area contributed by atoms with Crippen molar-refractivity contribution in [2.75, 3.05) is 13.2 Å². The number of aliphatic hydroxyl groups excluding tert-OH is 1. The van der Waals surface area contributed by atoms with Crippen LogP contribution in [0.25, 0.3) is 0 Å². The molecule has 0 aliphatic rings. The van der Waals surface area contributed by atoms with Gasteiger partial charge in [-0.3, -0.25) is 0 Å². The molecule has 0 bridgehead atoms. The molecule has 2 N–H and O–H groups in total. The normalized spacial score (nSPS) is 13.9. The number of nitrogens with one attached hydrogen (secondary N) is 1. The lowest BCUT2D eigenvalue weighted by Crippen LogP contribution is -2.45. The van der Waals surface area contributed by atoms with Gasteiger partial charge in [0, 0.05) is 22.6 Å². The van der Waals surface area contributed by atoms with Crippen molar-refractivity contribution in [2.45, 2.75) is 24.0 Å². The van der Waals surface area contributed by atoms with E-state index in [4.69, 9.17) is 4.74 Å². The molecule has 0 spiro atoms. The number of aryl methyl sites for hydroxylation is 1. The van der Waals surface area contributed by atoms with Crippen molar-refractivity contribution < 1.29 is 18.3 Å². The first-order valence-corrected chi connectivity index (χ1v) is 12.0. The second kappa shape index (κ2) is 9.46. The van der Waals surface area contributed by atoms with Crippen LogP contribution in [0, 0.1) is 6.92 Å². The number of aliphatic hydroxyl groups is 1. The van der Waals surface area contributed by atoms with Crippen LogP contribution < -0.4 is 4.72 Å². The van der Waals surface area contributed by atoms with Crippen LogP contribution in [-0.4, -0.2) is 31.7 Å². The fraction of sp³-hybridized carbons (Fsp3) is 0.250. The smallest absolute Gasteiger partial charge is 0.240 e. The average molecular weight is 497 g/mol. The molecular formula is C20H21BrN2O4S2. The molecule has 0 aliphatic carbocycles. The summed E-state index contributed by atoms with van der Waals surface area (Å²) >= 11 is 4.60. The first-order valence-electron chi connectivity index (χ1n) is 8.80. The van der Waals surface area contributed by atoms with Gasteiger partial charge in [-0.2, -0.15) is 0 Å². The molecule has 6 nitrogen and oxygen atoms in total. The van der Waals surface area contributed by atoms with E-state index in [9.17, 15) is 13.5 Å². The van der Waals surface area contributed by atoms with Crippen molar-refractivity contribution >= 4 is 37.3 Å². The van der Waals surface area contributed by atoms with E-state index >= 15 is 0 Å². The fourth-order valence-electron chi connectivity index (χ4n) is 2.62. The van der Waals surface area contributed by atoms with Crippen molar-refractivity contribution in [2.24, 2.45) is 0 Å². The summed E-state index contributed by atoms with van der Waals surface area (Å²) in [5, 5.41) is 12.4. The maximum Gasteiger partial charge on any atom is 0.240 e. The Morgan fingerprint density at radius 3 is 2.45 bits per heavy atom. The fourth-order valence-corrected chi connectivity index (χ4v) is 4.75. The summed E-state index contributed by atoms with van der Waals surface area (Å²) < 4.78 is 34.8. The van der Waals surface area contributed by atoms with Crippen LogP contribution in [0.4, 0.5) is 0 Å². The van der Waals surface area contributed by atoms with Gasteiger partial charge in [0.15, 0.2) is 5.60 Å². The van der Waals surface area contributed by atoms with Gasteiger partial charge in [-0.15, -0.1) is 11.3 Å². The highest BCUT2D eigenvalue weighted by atomic mass is 79.9. The molecule has 1 atom stereocenters. The zero-order valence-electron chi connectivity index (χ0n) is 15.7. The number of halogens is 1. The first kappa shape index (κ1) is 22.1. The standard InChI is InChI=1S/C20H21BrN2O4S2/c1-15-2-4-16(5-3-15)12-27-20(14-24,19-22-10-11-28-19)13-23-29(25,26)18-8-6-17(21)7-9-18/h2-11,23-24H,12-14H2,1H3. The molecule has 9 heteroatoms. The Hall–Kier alpha value is -1.62. The molecule has 0 fully saturated rings. The molecule has 29 heavy (non-hydrogen) atoms. The van der Waals surface area contributed by atoms with E-state index in [1.165, 1.54) is 23.5 Å². The van der Waals surface area contributed by atoms with E-state index in [0.29, 0.717) is 5.01 Å². The Morgan fingerprint density at radius 1 is 1.17 bits per heavy atom. The largest absolute Gasteiger partial charge is 0.393 e. The highest BCUT2D eigenvalue weighted by Gasteiger charge is 2.37. The third-order valence-electron chi connectivity index (χ3n) is 4.38. The van der Waals surface area contributed by atoms with Crippen LogP contribution in [0.3, 0.4) is 0 Å². The van der Waals surface area contributed by atoms with Gasteiger partial charge in [0.1, 0.15) is 5.01 Å². The first-order chi connectivity index (χ1) is 13.8. The summed E-state index contributed by atoms with van der Waals surface area (Å²) in [5.74, 6) is 0. The third kappa shape index (κ3) is 5.50. The molecule has 0 saturated heterocycles. The molecule has 154 valence electrons. The zero-order chi connectivity index (χ0) is 20.9. The van der Waals surface area contributed by atoms with Gasteiger partial charge in [0.25, 0.3) is 0 Å². The van der Waals surface area contributed by atoms with Crippen LogP contribution in [-0.2, 0) is 27.0 Å². The van der Waals surface area contributed by atoms with Crippen molar-refractivity contribution in [1.82, 2.24) is 9.71 Å². The van der Waals surface area contributed by atoms with Gasteiger partial charge >= 0.3 is 0 Å². The van der Waals surface area contributed by atoms with Crippen molar-refractivity contribution in [3.63, 3.8) is 0 Å². The Labute approximate surface area is 182 Å². The quantitative estimate of drug-likeness (QED) is 0.472. The Balaban J connectivity index is 1.81. The molecule has 2 aromatic carbocycles. The highest BCUT2D eigenvalue weighted by Crippen LogP contribution is 2.29. The lowest BCUT2D eigenvalue weighted by atomic mass is 10.1. The number of sulfonamides is 1. The number of benzene rings is 2. The lowest BCUT2D eigenvalue weighted by Gasteiger charge is -2.30. The van der Waals surface area contributed by atoms with Crippen LogP contribution in [0.15, 0.2) is 69.5 Å². The van der Waals surface area contributed by atoms with E-state index in [1.54, 1.807) is 23.7 Å². The number of hydrogen-bond acceptors (Lipinski definition) is 6. The van der Waals surface area contributed by atoms with Gasteiger partial charge in [-0.25, -0.2) is 18.1 Å². The van der Waals surface area contributed by atoms with Gasteiger partial charge < -0.3 is 9.84 Å². The van der Waals surface area contributed by atoms with Gasteiger partial charge in [-0.1, -0.05) is 45.8 Å². The van der Waals surface area contributed by atoms with E-state index in [0.717, 1.165) is 15.6 Å². The second-order valence-electron chi connectivity index (χ2n) is 6.54. The van der Waals surface area contributed by atoms with E-state index in [-0.39, 0.29) is 18.0 Å². The number of aromatic nitrogens is 1. The van der Waals surface area contributed by atoms with Gasteiger partial charge in [0.05, 0.1) is 18.1 Å². The molecule has 0 radical (unpaired) electrons. The van der Waals surface area contributed by atoms with E-state index < -0.39 is 22.2 Å². The van der Waals surface area contributed by atoms with Crippen LogP contribution in [0.2, 0.25) is 0 Å². The average Bonchev–Trinajstić information content (AvgIpc) is 3.25. The molecule has 0 amide bonds. The molecule has 1 unspecified atom stereocenters. The minimum Gasteiger partial charge on any atom is -0.393 e. The van der Waals surface area contributed by atoms with Crippen molar-refractivity contribution in [3.05, 3.63) is 80.7 Å². The molecule has 3 aromatic rings. The van der Waals surface area contributed by atoms with Gasteiger partial charge in [0.2, 0.25) is 10.0 Å². The molecular weight excluding hydrogens is 476 g/mol. The Bertz CT molecular complexity index is 1020. The monoisotopic (exact) mass is 496 g/mol. The molecule has 0 aliphatic heterocycles. The molecule has 0 saturated carbocycles. The molecule has 1 aromatic heterocycles. The number of hydrogen-bond donors (Lipinski definition) is 2. The predicted octanol–water partition coefficient (Wildman–Crippen LogP) is 3.60. The third-order valence-corrected chi connectivity index (χ3v) is 7.29. The lowest BCUT2D eigenvalue weighted by molar-refractivity contribution is -0.0906. The molecule has 1 heterocycles. The Morgan fingerprint density at radius 2 is 1.86 bits per heavy atom. The summed E-state index contributed by atoms with van der Waals surface area (Å²) in [6.45, 7) is 1.63. The van der Waals surface area contributed by atoms with Crippen molar-refractivity contribution in [3.8, 4) is 0 Å². The topological polar surface area (TPSA) is 88.5 Å². The summed E-state index contributed by atoms with van der Waals surface area (Å²) in [7, 11) is -3.79. The maximum atomic E-state index is 12.7. The summed E-state index contributed by atoms with van der Waals surface area (Å²) in [5.41, 5.74) is 0.756. The van der Waals surface area contributed by atoms with Crippen LogP contribution >= 0.6 is 27.3 Å². The SMILES string of the molecule is Cc1ccc(COC(CO)(CNS(=O)(=O)c2ccc(Br)cc2)c2nccs2)cc1. The summed E-state index contributed by atoms with van der Waals surface area (Å²) in [4.78, 5) is 4.39. The maximum absolute atomic E-state index is 12.7. The van der Waals surface area contributed by atoms with E-state index in [1.807, 2.05) is 31.2 Å². The number of thiazole rings is 1. The minimum absolute atomic E-state index is 0.130. The van der Waals surface area contributed by atoms with Crippen molar-refractivity contribution in [1.29, 1.82) is 0 Å². The minimum atomic E-state index is -3.79. The number of rotatable bonds is 9. The predicted molar refractivity (Wildman–Crippen MR) is 116 cm³/mol. The Kier molecular flexibility index (Phi) is 7.20. The van der Waals surface area contributed by atoms with E-state index in [2.05, 4.69) is 25.6 Å². The highest BCUT2D eigenvalue weighted by molar-refractivity contribution is 9.10. The summed E-state index contributed by atoms with van der Waals surface area (Å²) in [6, 6.07) is 14.1. The van der Waals surface area contributed by atoms with Crippen LogP contribution in [0.5, 0.6) is 0 Å². The molecule has 3 rings (SSSR count). The summed E-state index contributed by atoms with van der Waals surface area (Å²) in [6.07, 6.45) is 1.60. The zero-order valence-corrected chi connectivity index (χ0v) is 18.9. The number of ether oxygens (including phenoxy) is 1. The number of nitrogens with zero attached hydrogens (tertiary/aromatic N) is 1. The second-order valence-corrected chi connectivity index (χ2v) is 10.1. The van der Waals surface area contributed by atoms with Crippen LogP contribution in [0.1, 0.15) is 16.1 Å². The van der Waals surface area contributed by atoms with Gasteiger partial charge in [-0.05, 0) is 36.8 Å².